The van der Waals surface area contributed by atoms with Crippen LogP contribution in [0.3, 0.4) is 0 Å². The van der Waals surface area contributed by atoms with Gasteiger partial charge in [-0.15, -0.1) is 0 Å². The third-order valence-electron chi connectivity index (χ3n) is 0.563. The molecule has 8 heavy (non-hydrogen) atoms. The maximum absolute atomic E-state index is 8.35. The first kappa shape index (κ1) is 8.30. The summed E-state index contributed by atoms with van der Waals surface area (Å²) in [5, 5.41) is 16.7. The molecule has 0 aliphatic rings. The number of halogens is 2. The number of hydrogen-bond acceptors (Lipinski definition) is 2. The summed E-state index contributed by atoms with van der Waals surface area (Å²) >= 11 is 6.05. The zero-order valence-corrected chi connectivity index (χ0v) is 7.40. The highest BCUT2D eigenvalue weighted by Gasteiger charge is 2.05. The Labute approximate surface area is 64.5 Å². The van der Waals surface area contributed by atoms with Crippen LogP contribution >= 0.6 is 31.9 Å². The maximum atomic E-state index is 8.35. The largest absolute Gasteiger partial charge is 0.480 e. The van der Waals surface area contributed by atoms with Crippen LogP contribution in [0.2, 0.25) is 0 Å². The van der Waals surface area contributed by atoms with Gasteiger partial charge in [-0.2, -0.15) is 0 Å². The molecule has 2 N–H and O–H groups in total. The number of aliphatic hydroxyl groups is 2. The van der Waals surface area contributed by atoms with E-state index in [1.807, 2.05) is 0 Å². The van der Waals surface area contributed by atoms with E-state index in [1.54, 1.807) is 6.92 Å². The molecule has 4 heteroatoms. The van der Waals surface area contributed by atoms with Crippen LogP contribution in [0.25, 0.3) is 0 Å². The minimum absolute atomic E-state index is 0.0486. The molecule has 0 aromatic heterocycles. The molecule has 0 fully saturated rings. The summed E-state index contributed by atoms with van der Waals surface area (Å²) in [7, 11) is 0. The lowest BCUT2D eigenvalue weighted by Gasteiger charge is -1.98. The van der Waals surface area contributed by atoms with Gasteiger partial charge < -0.3 is 10.2 Å². The normalized spacial score (nSPS) is 12.9. The summed E-state index contributed by atoms with van der Waals surface area (Å²) in [6.45, 7) is 1.77. The van der Waals surface area contributed by atoms with E-state index in [0.717, 1.165) is 0 Å². The van der Waals surface area contributed by atoms with Crippen LogP contribution in [0.1, 0.15) is 6.92 Å². The van der Waals surface area contributed by atoms with Gasteiger partial charge in [-0.1, -0.05) is 15.9 Å². The predicted octanol–water partition coefficient (Wildman–Crippen LogP) is 2.45. The molecule has 0 heterocycles. The van der Waals surface area contributed by atoms with Crippen molar-refractivity contribution in [2.24, 2.45) is 0 Å². The van der Waals surface area contributed by atoms with Crippen LogP contribution < -0.4 is 0 Å². The van der Waals surface area contributed by atoms with Crippen molar-refractivity contribution in [3.05, 3.63) is 10.4 Å². The maximum Gasteiger partial charge on any atom is 0.285 e. The molecule has 0 radical (unpaired) electrons. The van der Waals surface area contributed by atoms with E-state index in [1.165, 1.54) is 0 Å². The van der Waals surface area contributed by atoms with Crippen molar-refractivity contribution >= 4 is 31.9 Å². The van der Waals surface area contributed by atoms with Gasteiger partial charge in [-0.05, 0) is 22.9 Å². The second-order valence-electron chi connectivity index (χ2n) is 1.29. The summed E-state index contributed by atoms with van der Waals surface area (Å²) in [6.07, 6.45) is 0. The molecule has 0 aliphatic carbocycles. The Morgan fingerprint density at radius 1 is 1.50 bits per heavy atom. The fourth-order valence-electron chi connectivity index (χ4n) is 0.178. The third-order valence-corrected chi connectivity index (χ3v) is 2.68. The van der Waals surface area contributed by atoms with Crippen LogP contribution in [0.4, 0.5) is 0 Å². The van der Waals surface area contributed by atoms with E-state index in [4.69, 9.17) is 10.2 Å². The molecule has 0 amide bonds. The number of rotatable bonds is 1. The van der Waals surface area contributed by atoms with Gasteiger partial charge in [0, 0.05) is 0 Å². The molecule has 0 rings (SSSR count). The Morgan fingerprint density at radius 2 is 1.88 bits per heavy atom. The Bertz CT molecular complexity index is 105. The van der Waals surface area contributed by atoms with Gasteiger partial charge in [-0.25, -0.2) is 0 Å². The van der Waals surface area contributed by atoms with Crippen molar-refractivity contribution in [3.63, 3.8) is 0 Å². The van der Waals surface area contributed by atoms with Crippen molar-refractivity contribution in [3.8, 4) is 0 Å². The second kappa shape index (κ2) is 3.35. The van der Waals surface area contributed by atoms with Gasteiger partial charge in [0.05, 0.1) is 9.31 Å². The summed E-state index contributed by atoms with van der Waals surface area (Å²) in [5.41, 5.74) is 0. The van der Waals surface area contributed by atoms with Crippen LogP contribution in [0.15, 0.2) is 10.4 Å². The number of hydrogen-bond donors (Lipinski definition) is 2. The van der Waals surface area contributed by atoms with E-state index in [0.29, 0.717) is 4.48 Å². The lowest BCUT2D eigenvalue weighted by molar-refractivity contribution is 0.188. The van der Waals surface area contributed by atoms with E-state index in [9.17, 15) is 0 Å². The van der Waals surface area contributed by atoms with Crippen LogP contribution in [0.5, 0.6) is 0 Å². The van der Waals surface area contributed by atoms with Gasteiger partial charge >= 0.3 is 0 Å². The fraction of sp³-hybridized carbons (Fsp3) is 0.500. The first-order valence-corrected chi connectivity index (χ1v) is 3.68. The molecule has 0 spiro atoms. The average Bonchev–Trinajstić information content (AvgIpc) is 1.64. The van der Waals surface area contributed by atoms with E-state index in [2.05, 4.69) is 31.9 Å². The van der Waals surface area contributed by atoms with Gasteiger partial charge in [0.15, 0.2) is 0 Å². The minimum atomic E-state index is -0.672. The van der Waals surface area contributed by atoms with Gasteiger partial charge in [0.2, 0.25) is 0 Å². The van der Waals surface area contributed by atoms with Gasteiger partial charge in [0.1, 0.15) is 0 Å². The second-order valence-corrected chi connectivity index (χ2v) is 3.52. The summed E-state index contributed by atoms with van der Waals surface area (Å²) < 4.78 is 0.359. The van der Waals surface area contributed by atoms with Crippen LogP contribution in [0, 0.1) is 0 Å². The lowest BCUT2D eigenvalue weighted by Crippen LogP contribution is -1.93. The Kier molecular flexibility index (Phi) is 3.48. The lowest BCUT2D eigenvalue weighted by atomic mass is 10.5. The third kappa shape index (κ3) is 2.57. The number of aliphatic hydroxyl groups excluding tert-OH is 1. The fourth-order valence-corrected chi connectivity index (χ4v) is 0.383. The smallest absolute Gasteiger partial charge is 0.285 e. The molecule has 0 saturated heterocycles. The molecule has 0 bridgehead atoms. The molecule has 0 aromatic carbocycles. The Balaban J connectivity index is 4.00. The summed E-state index contributed by atoms with van der Waals surface area (Å²) in [6, 6.07) is 0. The van der Waals surface area contributed by atoms with Gasteiger partial charge in [-0.3, -0.25) is 0 Å². The molecule has 0 saturated carbocycles. The van der Waals surface area contributed by atoms with E-state index < -0.39 is 5.95 Å². The standard InChI is InChI=1S/C4H6Br2O2/c1-2(5)3(6)4(7)8/h2,7-8H,1H3. The molecule has 0 aliphatic heterocycles. The molecule has 2 nitrogen and oxygen atoms in total. The highest BCUT2D eigenvalue weighted by atomic mass is 79.9. The molecule has 1 atom stereocenters. The van der Waals surface area contributed by atoms with Gasteiger partial charge in [0.25, 0.3) is 5.95 Å². The topological polar surface area (TPSA) is 40.5 Å². The quantitative estimate of drug-likeness (QED) is 0.551. The molecule has 1 unspecified atom stereocenters. The minimum Gasteiger partial charge on any atom is -0.480 e. The average molecular weight is 246 g/mol. The van der Waals surface area contributed by atoms with Crippen molar-refractivity contribution in [1.82, 2.24) is 0 Å². The molecular weight excluding hydrogens is 240 g/mol. The van der Waals surface area contributed by atoms with Crippen molar-refractivity contribution in [2.75, 3.05) is 0 Å². The van der Waals surface area contributed by atoms with Crippen LogP contribution in [-0.2, 0) is 0 Å². The SMILES string of the molecule is CC(Br)C(Br)=C(O)O. The van der Waals surface area contributed by atoms with Crippen molar-refractivity contribution < 1.29 is 10.2 Å². The zero-order valence-electron chi connectivity index (χ0n) is 4.23. The number of alkyl halides is 1. The first-order valence-electron chi connectivity index (χ1n) is 1.97. The monoisotopic (exact) mass is 244 g/mol. The molecule has 48 valence electrons. The Hall–Kier alpha value is 0.300. The summed E-state index contributed by atoms with van der Waals surface area (Å²) in [5.74, 6) is -0.672. The van der Waals surface area contributed by atoms with Crippen LogP contribution in [-0.4, -0.2) is 15.0 Å². The highest BCUT2D eigenvalue weighted by molar-refractivity contribution is 9.14. The highest BCUT2D eigenvalue weighted by Crippen LogP contribution is 2.19. The summed E-state index contributed by atoms with van der Waals surface area (Å²) in [4.78, 5) is -0.0486. The van der Waals surface area contributed by atoms with E-state index in [-0.39, 0.29) is 4.83 Å². The molecular formula is C4H6Br2O2. The molecule has 0 aromatic rings. The zero-order chi connectivity index (χ0) is 6.73. The number of allylic oxidation sites excluding steroid dienone is 1. The predicted molar refractivity (Wildman–Crippen MR) is 39.6 cm³/mol. The van der Waals surface area contributed by atoms with E-state index >= 15 is 0 Å². The first-order chi connectivity index (χ1) is 3.55. The van der Waals surface area contributed by atoms with Crippen molar-refractivity contribution in [1.29, 1.82) is 0 Å². The van der Waals surface area contributed by atoms with Crippen molar-refractivity contribution in [2.45, 2.75) is 11.8 Å². The Morgan fingerprint density at radius 3 is 1.88 bits per heavy atom.